The van der Waals surface area contributed by atoms with E-state index < -0.39 is 17.8 Å². The van der Waals surface area contributed by atoms with Crippen LogP contribution in [0.2, 0.25) is 0 Å². The molecule has 166 valence electrons. The van der Waals surface area contributed by atoms with Gasteiger partial charge in [-0.1, -0.05) is 48.5 Å². The number of alkyl halides is 3. The summed E-state index contributed by atoms with van der Waals surface area (Å²) in [5.41, 5.74) is 7.09. The predicted molar refractivity (Wildman–Crippen MR) is 116 cm³/mol. The smallest absolute Gasteiger partial charge is 0.339 e. The third-order valence-electron chi connectivity index (χ3n) is 4.96. The van der Waals surface area contributed by atoms with Gasteiger partial charge in [-0.2, -0.15) is 13.2 Å². The van der Waals surface area contributed by atoms with E-state index in [0.717, 1.165) is 11.6 Å². The number of carbonyl (C=O) groups excluding carboxylic acids is 1. The molecule has 1 atom stereocenters. The van der Waals surface area contributed by atoms with E-state index in [1.807, 2.05) is 30.3 Å². The van der Waals surface area contributed by atoms with Crippen molar-refractivity contribution < 1.29 is 18.0 Å². The molecule has 0 radical (unpaired) electrons. The SMILES string of the molecule is Cl.Cl.NC(Cc1ccccc1)C(=O)N1CCN(Cc2cccc(C(F)(F)F)c2)CC1. The van der Waals surface area contributed by atoms with Crippen LogP contribution in [0, 0.1) is 0 Å². The maximum absolute atomic E-state index is 12.8. The Morgan fingerprint density at radius 3 is 2.13 bits per heavy atom. The first-order valence-electron chi connectivity index (χ1n) is 9.30. The minimum absolute atomic E-state index is 0. The third-order valence-corrected chi connectivity index (χ3v) is 4.96. The molecule has 2 aromatic rings. The highest BCUT2D eigenvalue weighted by Crippen LogP contribution is 2.29. The maximum atomic E-state index is 12.8. The van der Waals surface area contributed by atoms with E-state index in [2.05, 4.69) is 4.90 Å². The normalized spacial score (nSPS) is 15.7. The molecule has 30 heavy (non-hydrogen) atoms. The summed E-state index contributed by atoms with van der Waals surface area (Å²) in [5.74, 6) is -0.0810. The van der Waals surface area contributed by atoms with Gasteiger partial charge in [0.2, 0.25) is 5.91 Å². The number of hydrogen-bond donors (Lipinski definition) is 1. The molecule has 0 aromatic heterocycles. The van der Waals surface area contributed by atoms with E-state index >= 15 is 0 Å². The first-order valence-corrected chi connectivity index (χ1v) is 9.30. The van der Waals surface area contributed by atoms with E-state index in [9.17, 15) is 18.0 Å². The molecule has 4 nitrogen and oxygen atoms in total. The second kappa shape index (κ2) is 11.6. The van der Waals surface area contributed by atoms with E-state index in [1.165, 1.54) is 12.1 Å². The lowest BCUT2D eigenvalue weighted by Crippen LogP contribution is -2.53. The highest BCUT2D eigenvalue weighted by atomic mass is 35.5. The Morgan fingerprint density at radius 1 is 0.933 bits per heavy atom. The zero-order valence-corrected chi connectivity index (χ0v) is 18.0. The zero-order chi connectivity index (χ0) is 20.1. The van der Waals surface area contributed by atoms with Gasteiger partial charge >= 0.3 is 6.18 Å². The molecule has 1 amide bonds. The summed E-state index contributed by atoms with van der Waals surface area (Å²) in [6.07, 6.45) is -3.85. The van der Waals surface area contributed by atoms with Crippen LogP contribution >= 0.6 is 24.8 Å². The Balaban J connectivity index is 0.00000225. The van der Waals surface area contributed by atoms with Crippen molar-refractivity contribution in [3.63, 3.8) is 0 Å². The van der Waals surface area contributed by atoms with Crippen LogP contribution < -0.4 is 5.73 Å². The van der Waals surface area contributed by atoms with Gasteiger partial charge in [-0.25, -0.2) is 0 Å². The van der Waals surface area contributed by atoms with Gasteiger partial charge in [0.1, 0.15) is 0 Å². The summed E-state index contributed by atoms with van der Waals surface area (Å²) in [4.78, 5) is 16.4. The second-order valence-corrected chi connectivity index (χ2v) is 7.10. The van der Waals surface area contributed by atoms with Crippen molar-refractivity contribution in [3.05, 3.63) is 71.3 Å². The van der Waals surface area contributed by atoms with Crippen molar-refractivity contribution in [3.8, 4) is 0 Å². The van der Waals surface area contributed by atoms with Crippen molar-refractivity contribution in [1.82, 2.24) is 9.80 Å². The first-order chi connectivity index (χ1) is 13.3. The van der Waals surface area contributed by atoms with Crippen LogP contribution in [0.1, 0.15) is 16.7 Å². The second-order valence-electron chi connectivity index (χ2n) is 7.10. The van der Waals surface area contributed by atoms with Gasteiger partial charge in [0, 0.05) is 32.7 Å². The number of rotatable bonds is 5. The molecular weight excluding hydrogens is 438 g/mol. The van der Waals surface area contributed by atoms with Crippen LogP contribution in [0.5, 0.6) is 0 Å². The molecular formula is C21H26Cl2F3N3O. The predicted octanol–water partition coefficient (Wildman–Crippen LogP) is 3.76. The number of benzene rings is 2. The third kappa shape index (κ3) is 7.16. The summed E-state index contributed by atoms with van der Waals surface area (Å²) in [6.45, 7) is 2.71. The summed E-state index contributed by atoms with van der Waals surface area (Å²) in [5, 5.41) is 0. The Kier molecular flexibility index (Phi) is 10.1. The van der Waals surface area contributed by atoms with E-state index in [1.54, 1.807) is 11.0 Å². The Labute approximate surface area is 187 Å². The molecule has 1 unspecified atom stereocenters. The minimum Gasteiger partial charge on any atom is -0.339 e. The van der Waals surface area contributed by atoms with Crippen LogP contribution in [-0.2, 0) is 23.9 Å². The van der Waals surface area contributed by atoms with Crippen LogP contribution in [0.4, 0.5) is 13.2 Å². The average Bonchev–Trinajstić information content (AvgIpc) is 2.68. The highest BCUT2D eigenvalue weighted by Gasteiger charge is 2.31. The monoisotopic (exact) mass is 463 g/mol. The summed E-state index contributed by atoms with van der Waals surface area (Å²) in [6, 6.07) is 14.4. The van der Waals surface area contributed by atoms with Gasteiger partial charge < -0.3 is 10.6 Å². The molecule has 0 spiro atoms. The number of piperazine rings is 1. The number of halogens is 5. The molecule has 0 aliphatic carbocycles. The molecule has 3 rings (SSSR count). The van der Waals surface area contributed by atoms with E-state index in [4.69, 9.17) is 5.73 Å². The largest absolute Gasteiger partial charge is 0.416 e. The number of nitrogens with zero attached hydrogens (tertiary/aromatic N) is 2. The van der Waals surface area contributed by atoms with Crippen molar-refractivity contribution in [2.45, 2.75) is 25.2 Å². The first kappa shape index (κ1) is 26.2. The van der Waals surface area contributed by atoms with Gasteiger partial charge in [0.15, 0.2) is 0 Å². The maximum Gasteiger partial charge on any atom is 0.416 e. The lowest BCUT2D eigenvalue weighted by atomic mass is 10.1. The quantitative estimate of drug-likeness (QED) is 0.734. The van der Waals surface area contributed by atoms with Gasteiger partial charge in [0.05, 0.1) is 11.6 Å². The molecule has 0 bridgehead atoms. The van der Waals surface area contributed by atoms with Crippen molar-refractivity contribution in [2.24, 2.45) is 5.73 Å². The molecule has 0 saturated carbocycles. The van der Waals surface area contributed by atoms with Gasteiger partial charge in [0.25, 0.3) is 0 Å². The molecule has 9 heteroatoms. The van der Waals surface area contributed by atoms with Crippen molar-refractivity contribution in [2.75, 3.05) is 26.2 Å². The fraction of sp³-hybridized carbons (Fsp3) is 0.381. The number of amides is 1. The lowest BCUT2D eigenvalue weighted by Gasteiger charge is -2.36. The summed E-state index contributed by atoms with van der Waals surface area (Å²) in [7, 11) is 0. The molecule has 1 fully saturated rings. The van der Waals surface area contributed by atoms with Gasteiger partial charge in [-0.05, 0) is 23.6 Å². The van der Waals surface area contributed by atoms with Crippen LogP contribution in [0.3, 0.4) is 0 Å². The van der Waals surface area contributed by atoms with Crippen LogP contribution in [0.15, 0.2) is 54.6 Å². The van der Waals surface area contributed by atoms with Crippen molar-refractivity contribution in [1.29, 1.82) is 0 Å². The minimum atomic E-state index is -4.34. The zero-order valence-electron chi connectivity index (χ0n) is 16.3. The standard InChI is InChI=1S/C21H24F3N3O.2ClH/c22-21(23,24)18-8-4-7-17(13-18)15-26-9-11-27(12-10-26)20(28)19(25)14-16-5-2-1-3-6-16;;/h1-8,13,19H,9-12,14-15,25H2;2*1H. The number of nitrogens with two attached hydrogens (primary N) is 1. The lowest BCUT2D eigenvalue weighted by molar-refractivity contribution is -0.138. The Hall–Kier alpha value is -1.80. The van der Waals surface area contributed by atoms with Crippen molar-refractivity contribution >= 4 is 30.7 Å². The topological polar surface area (TPSA) is 49.6 Å². The van der Waals surface area contributed by atoms with E-state index in [-0.39, 0.29) is 30.7 Å². The molecule has 2 aromatic carbocycles. The fourth-order valence-corrected chi connectivity index (χ4v) is 3.42. The number of hydrogen-bond acceptors (Lipinski definition) is 3. The molecule has 2 N–H and O–H groups in total. The van der Waals surface area contributed by atoms with Crippen LogP contribution in [-0.4, -0.2) is 47.9 Å². The summed E-state index contributed by atoms with van der Waals surface area (Å²) >= 11 is 0. The fourth-order valence-electron chi connectivity index (χ4n) is 3.42. The molecule has 1 aliphatic rings. The molecule has 1 saturated heterocycles. The van der Waals surface area contributed by atoms with Gasteiger partial charge in [-0.3, -0.25) is 9.69 Å². The van der Waals surface area contributed by atoms with E-state index in [0.29, 0.717) is 44.7 Å². The highest BCUT2D eigenvalue weighted by molar-refractivity contribution is 5.85. The Bertz CT molecular complexity index is 798. The molecule has 1 aliphatic heterocycles. The number of carbonyl (C=O) groups is 1. The Morgan fingerprint density at radius 2 is 1.53 bits per heavy atom. The van der Waals surface area contributed by atoms with Crippen LogP contribution in [0.25, 0.3) is 0 Å². The average molecular weight is 464 g/mol. The van der Waals surface area contributed by atoms with Gasteiger partial charge in [-0.15, -0.1) is 24.8 Å². The molecule has 1 heterocycles. The summed E-state index contributed by atoms with van der Waals surface area (Å²) < 4.78 is 38.5.